The standard InChI is InChI=1S/C16H23NO3/c1-5-13(10-14(18)19)17-15(20)11-6-8-12(9-7-11)16(2,3)4/h6-9,13H,5,10H2,1-4H3,(H,17,20)(H,18,19). The van der Waals surface area contributed by atoms with Crippen LogP contribution < -0.4 is 5.32 Å². The molecule has 0 radical (unpaired) electrons. The van der Waals surface area contributed by atoms with Crippen LogP contribution in [-0.4, -0.2) is 23.0 Å². The molecule has 1 aromatic carbocycles. The highest BCUT2D eigenvalue weighted by Crippen LogP contribution is 2.22. The topological polar surface area (TPSA) is 66.4 Å². The van der Waals surface area contributed by atoms with Crippen LogP contribution in [0.1, 0.15) is 56.5 Å². The number of benzene rings is 1. The lowest BCUT2D eigenvalue weighted by molar-refractivity contribution is -0.137. The van der Waals surface area contributed by atoms with Crippen molar-refractivity contribution in [1.29, 1.82) is 0 Å². The second kappa shape index (κ2) is 6.55. The molecule has 1 amide bonds. The van der Waals surface area contributed by atoms with E-state index in [0.717, 1.165) is 5.56 Å². The van der Waals surface area contributed by atoms with Gasteiger partial charge in [-0.2, -0.15) is 0 Å². The van der Waals surface area contributed by atoms with Gasteiger partial charge < -0.3 is 10.4 Å². The van der Waals surface area contributed by atoms with Gasteiger partial charge in [-0.15, -0.1) is 0 Å². The van der Waals surface area contributed by atoms with Gasteiger partial charge in [0, 0.05) is 11.6 Å². The molecule has 0 saturated carbocycles. The first-order valence-corrected chi connectivity index (χ1v) is 6.87. The summed E-state index contributed by atoms with van der Waals surface area (Å²) in [5.41, 5.74) is 1.76. The maximum atomic E-state index is 12.1. The Balaban J connectivity index is 2.75. The summed E-state index contributed by atoms with van der Waals surface area (Å²) < 4.78 is 0. The summed E-state index contributed by atoms with van der Waals surface area (Å²) in [5, 5.41) is 11.5. The van der Waals surface area contributed by atoms with Crippen LogP contribution in [0.5, 0.6) is 0 Å². The van der Waals surface area contributed by atoms with Gasteiger partial charge in [0.25, 0.3) is 5.91 Å². The molecule has 1 unspecified atom stereocenters. The van der Waals surface area contributed by atoms with Gasteiger partial charge in [-0.3, -0.25) is 9.59 Å². The molecule has 20 heavy (non-hydrogen) atoms. The zero-order valence-electron chi connectivity index (χ0n) is 12.6. The Hall–Kier alpha value is -1.84. The quantitative estimate of drug-likeness (QED) is 0.869. The Labute approximate surface area is 120 Å². The van der Waals surface area contributed by atoms with Crippen molar-refractivity contribution in [3.05, 3.63) is 35.4 Å². The monoisotopic (exact) mass is 277 g/mol. The van der Waals surface area contributed by atoms with E-state index >= 15 is 0 Å². The number of carboxylic acid groups (broad SMARTS) is 1. The van der Waals surface area contributed by atoms with Gasteiger partial charge in [0.15, 0.2) is 0 Å². The molecule has 0 bridgehead atoms. The minimum Gasteiger partial charge on any atom is -0.481 e. The first-order chi connectivity index (χ1) is 9.24. The van der Waals surface area contributed by atoms with Crippen molar-refractivity contribution < 1.29 is 14.7 Å². The van der Waals surface area contributed by atoms with Crippen LogP contribution >= 0.6 is 0 Å². The Morgan fingerprint density at radius 3 is 2.15 bits per heavy atom. The molecule has 4 heteroatoms. The Morgan fingerprint density at radius 2 is 1.75 bits per heavy atom. The number of amides is 1. The van der Waals surface area contributed by atoms with Crippen molar-refractivity contribution in [2.45, 2.75) is 52.0 Å². The zero-order chi connectivity index (χ0) is 15.3. The van der Waals surface area contributed by atoms with Gasteiger partial charge in [0.05, 0.1) is 6.42 Å². The molecule has 0 saturated heterocycles. The van der Waals surface area contributed by atoms with Crippen LogP contribution in [0.25, 0.3) is 0 Å². The van der Waals surface area contributed by atoms with Gasteiger partial charge in [-0.25, -0.2) is 0 Å². The highest BCUT2D eigenvalue weighted by atomic mass is 16.4. The second-order valence-electron chi connectivity index (χ2n) is 6.00. The second-order valence-corrected chi connectivity index (χ2v) is 6.00. The summed E-state index contributed by atoms with van der Waals surface area (Å²) in [6, 6.07) is 7.11. The van der Waals surface area contributed by atoms with E-state index in [2.05, 4.69) is 26.1 Å². The molecule has 0 aliphatic heterocycles. The number of hydrogen-bond donors (Lipinski definition) is 2. The molecular formula is C16H23NO3. The summed E-state index contributed by atoms with van der Waals surface area (Å²) >= 11 is 0. The third-order valence-corrected chi connectivity index (χ3v) is 3.26. The Bertz CT molecular complexity index is 471. The average Bonchev–Trinajstić information content (AvgIpc) is 2.36. The van der Waals surface area contributed by atoms with Crippen molar-refractivity contribution in [3.8, 4) is 0 Å². The molecule has 1 rings (SSSR count). The van der Waals surface area contributed by atoms with E-state index in [1.165, 1.54) is 0 Å². The third kappa shape index (κ3) is 4.68. The number of carbonyl (C=O) groups excluding carboxylic acids is 1. The van der Waals surface area contributed by atoms with E-state index < -0.39 is 5.97 Å². The van der Waals surface area contributed by atoms with Crippen LogP contribution in [-0.2, 0) is 10.2 Å². The van der Waals surface area contributed by atoms with Crippen molar-refractivity contribution in [1.82, 2.24) is 5.32 Å². The normalized spacial score (nSPS) is 12.8. The third-order valence-electron chi connectivity index (χ3n) is 3.26. The number of nitrogens with one attached hydrogen (secondary N) is 1. The van der Waals surface area contributed by atoms with Crippen LogP contribution in [0.2, 0.25) is 0 Å². The highest BCUT2D eigenvalue weighted by Gasteiger charge is 2.17. The predicted molar refractivity (Wildman–Crippen MR) is 78.9 cm³/mol. The van der Waals surface area contributed by atoms with Gasteiger partial charge in [-0.05, 0) is 29.5 Å². The van der Waals surface area contributed by atoms with Crippen molar-refractivity contribution >= 4 is 11.9 Å². The number of carbonyl (C=O) groups is 2. The molecular weight excluding hydrogens is 254 g/mol. The molecule has 1 atom stereocenters. The summed E-state index contributed by atoms with van der Waals surface area (Å²) in [4.78, 5) is 22.7. The van der Waals surface area contributed by atoms with Gasteiger partial charge >= 0.3 is 5.97 Å². The summed E-state index contributed by atoms with van der Waals surface area (Å²) in [6.45, 7) is 8.20. The van der Waals surface area contributed by atoms with E-state index in [1.54, 1.807) is 12.1 Å². The Morgan fingerprint density at radius 1 is 1.20 bits per heavy atom. The lowest BCUT2D eigenvalue weighted by Gasteiger charge is -2.19. The molecule has 0 spiro atoms. The molecule has 0 heterocycles. The first kappa shape index (κ1) is 16.2. The van der Waals surface area contributed by atoms with E-state index in [4.69, 9.17) is 5.11 Å². The number of aliphatic carboxylic acids is 1. The van der Waals surface area contributed by atoms with E-state index in [1.807, 2.05) is 19.1 Å². The first-order valence-electron chi connectivity index (χ1n) is 6.87. The fraction of sp³-hybridized carbons (Fsp3) is 0.500. The summed E-state index contributed by atoms with van der Waals surface area (Å²) in [7, 11) is 0. The highest BCUT2D eigenvalue weighted by molar-refractivity contribution is 5.94. The molecule has 1 aromatic rings. The van der Waals surface area contributed by atoms with Crippen molar-refractivity contribution in [2.75, 3.05) is 0 Å². The van der Waals surface area contributed by atoms with E-state index in [9.17, 15) is 9.59 Å². The minimum atomic E-state index is -0.903. The fourth-order valence-corrected chi connectivity index (χ4v) is 1.90. The Kier molecular flexibility index (Phi) is 5.31. The summed E-state index contributed by atoms with van der Waals surface area (Å²) in [6.07, 6.45) is 0.542. The number of carboxylic acids is 1. The van der Waals surface area contributed by atoms with E-state index in [0.29, 0.717) is 12.0 Å². The lowest BCUT2D eigenvalue weighted by atomic mass is 9.86. The maximum absolute atomic E-state index is 12.1. The van der Waals surface area contributed by atoms with Gasteiger partial charge in [0.2, 0.25) is 0 Å². The fourth-order valence-electron chi connectivity index (χ4n) is 1.90. The SMILES string of the molecule is CCC(CC(=O)O)NC(=O)c1ccc(C(C)(C)C)cc1. The van der Waals surface area contributed by atoms with E-state index in [-0.39, 0.29) is 23.8 Å². The van der Waals surface area contributed by atoms with Gasteiger partial charge in [0.1, 0.15) is 0 Å². The molecule has 0 fully saturated rings. The van der Waals surface area contributed by atoms with Crippen molar-refractivity contribution in [3.63, 3.8) is 0 Å². The van der Waals surface area contributed by atoms with Gasteiger partial charge in [-0.1, -0.05) is 39.8 Å². The molecule has 110 valence electrons. The van der Waals surface area contributed by atoms with Crippen molar-refractivity contribution in [2.24, 2.45) is 0 Å². The smallest absolute Gasteiger partial charge is 0.305 e. The molecule has 0 aromatic heterocycles. The minimum absolute atomic E-state index is 0.0459. The maximum Gasteiger partial charge on any atom is 0.305 e. The van der Waals surface area contributed by atoms with Crippen LogP contribution in [0.15, 0.2) is 24.3 Å². The summed E-state index contributed by atoms with van der Waals surface area (Å²) in [5.74, 6) is -1.13. The number of rotatable bonds is 5. The predicted octanol–water partition coefficient (Wildman–Crippen LogP) is 2.97. The molecule has 4 nitrogen and oxygen atoms in total. The van der Waals surface area contributed by atoms with Crippen LogP contribution in [0, 0.1) is 0 Å². The number of hydrogen-bond acceptors (Lipinski definition) is 2. The average molecular weight is 277 g/mol. The zero-order valence-corrected chi connectivity index (χ0v) is 12.6. The molecule has 0 aliphatic carbocycles. The molecule has 0 aliphatic rings. The van der Waals surface area contributed by atoms with Crippen LogP contribution in [0.4, 0.5) is 0 Å². The van der Waals surface area contributed by atoms with Crippen LogP contribution in [0.3, 0.4) is 0 Å². The largest absolute Gasteiger partial charge is 0.481 e. The molecule has 2 N–H and O–H groups in total. The lowest BCUT2D eigenvalue weighted by Crippen LogP contribution is -2.36.